The van der Waals surface area contributed by atoms with Crippen LogP contribution in [0.4, 0.5) is 0 Å². The molecule has 0 heterocycles. The van der Waals surface area contributed by atoms with E-state index in [9.17, 15) is 4.21 Å². The lowest BCUT2D eigenvalue weighted by Gasteiger charge is -2.43. The molecule has 3 aromatic rings. The highest BCUT2D eigenvalue weighted by Gasteiger charge is 2.38. The van der Waals surface area contributed by atoms with E-state index in [1.54, 1.807) is 0 Å². The number of hydrogen-bond acceptors (Lipinski definition) is 1. The van der Waals surface area contributed by atoms with E-state index in [0.717, 1.165) is 0 Å². The Hall–Kier alpha value is -1.54. The predicted octanol–water partition coefficient (Wildman–Crippen LogP) is 7.69. The fraction of sp³-hybridized carbons (Fsp3) is 0.448. The summed E-state index contributed by atoms with van der Waals surface area (Å²) in [5.74, 6) is 0. The van der Waals surface area contributed by atoms with Crippen molar-refractivity contribution in [1.29, 1.82) is 0 Å². The summed E-state index contributed by atoms with van der Waals surface area (Å²) in [7, 11) is -1.73. The van der Waals surface area contributed by atoms with Gasteiger partial charge in [0.2, 0.25) is 0 Å². The molecule has 0 saturated heterocycles. The van der Waals surface area contributed by atoms with Gasteiger partial charge in [0.15, 0.2) is 0 Å². The molecule has 178 valence electrons. The SMILES string of the molecule is CC(C)(C)P(c1ccccc1[C@H](NS(=O)C(C)(C)C)c1cccc2ccccc12)C(C)(C)C. The van der Waals surface area contributed by atoms with Gasteiger partial charge in [-0.2, -0.15) is 0 Å². The van der Waals surface area contributed by atoms with Gasteiger partial charge in [-0.1, -0.05) is 116 Å². The van der Waals surface area contributed by atoms with Gasteiger partial charge in [0, 0.05) is 0 Å². The van der Waals surface area contributed by atoms with Crippen LogP contribution in [-0.4, -0.2) is 19.3 Å². The molecule has 0 aliphatic carbocycles. The highest BCUT2D eigenvalue weighted by atomic mass is 32.2. The van der Waals surface area contributed by atoms with Crippen LogP contribution in [0.15, 0.2) is 66.7 Å². The van der Waals surface area contributed by atoms with Crippen molar-refractivity contribution in [1.82, 2.24) is 4.72 Å². The highest BCUT2D eigenvalue weighted by molar-refractivity contribution is 7.84. The van der Waals surface area contributed by atoms with Crippen LogP contribution in [0.25, 0.3) is 10.8 Å². The Morgan fingerprint density at radius 3 is 1.82 bits per heavy atom. The largest absolute Gasteiger partial charge is 0.242 e. The first-order valence-corrected chi connectivity index (χ1v) is 14.3. The van der Waals surface area contributed by atoms with Gasteiger partial charge >= 0.3 is 0 Å². The summed E-state index contributed by atoms with van der Waals surface area (Å²) in [5.41, 5.74) is 2.42. The second-order valence-corrected chi connectivity index (χ2v) is 17.6. The maximum atomic E-state index is 13.4. The van der Waals surface area contributed by atoms with E-state index in [2.05, 4.69) is 113 Å². The Kier molecular flexibility index (Phi) is 7.59. The summed E-state index contributed by atoms with van der Waals surface area (Å²) in [6.45, 7) is 20.2. The van der Waals surface area contributed by atoms with Crippen LogP contribution in [-0.2, 0) is 11.0 Å². The van der Waals surface area contributed by atoms with Gasteiger partial charge in [0.25, 0.3) is 0 Å². The third-order valence-corrected chi connectivity index (χ3v) is 10.9. The Morgan fingerprint density at radius 1 is 0.697 bits per heavy atom. The van der Waals surface area contributed by atoms with E-state index >= 15 is 0 Å². The maximum Gasteiger partial charge on any atom is 0.0979 e. The standard InChI is InChI=1S/C29H40NOPS/c1-27(2,3)32(28(4,5)6)25-20-13-12-18-24(25)26(30-33(31)29(7,8)9)23-19-14-16-21-15-10-11-17-22(21)23/h10-20,26,30H,1-9H3/t26-,33?/m1/s1. The average molecular weight is 482 g/mol. The molecule has 2 atom stereocenters. The summed E-state index contributed by atoms with van der Waals surface area (Å²) in [4.78, 5) is 0. The second-order valence-electron chi connectivity index (χ2n) is 11.7. The number of hydrogen-bond donors (Lipinski definition) is 1. The molecule has 0 aliphatic rings. The quantitative estimate of drug-likeness (QED) is 0.372. The van der Waals surface area contributed by atoms with Crippen LogP contribution in [0.5, 0.6) is 0 Å². The van der Waals surface area contributed by atoms with E-state index in [1.165, 1.54) is 27.2 Å². The molecular formula is C29H40NOPS. The normalized spacial score (nSPS) is 15.1. The molecule has 0 aliphatic heterocycles. The van der Waals surface area contributed by atoms with Gasteiger partial charge in [-0.25, -0.2) is 8.93 Å². The first-order valence-electron chi connectivity index (χ1n) is 11.8. The molecular weight excluding hydrogens is 441 g/mol. The van der Waals surface area contributed by atoms with E-state index in [-0.39, 0.29) is 21.1 Å². The minimum Gasteiger partial charge on any atom is -0.242 e. The molecule has 4 heteroatoms. The van der Waals surface area contributed by atoms with Gasteiger partial charge in [0.05, 0.1) is 21.8 Å². The van der Waals surface area contributed by atoms with Crippen LogP contribution >= 0.6 is 7.92 Å². The van der Waals surface area contributed by atoms with Crippen LogP contribution in [0, 0.1) is 0 Å². The van der Waals surface area contributed by atoms with Crippen molar-refractivity contribution < 1.29 is 4.21 Å². The molecule has 3 rings (SSSR count). The molecule has 0 spiro atoms. The molecule has 2 nitrogen and oxygen atoms in total. The van der Waals surface area contributed by atoms with Gasteiger partial charge in [0.1, 0.15) is 0 Å². The van der Waals surface area contributed by atoms with Crippen molar-refractivity contribution in [3.63, 3.8) is 0 Å². The zero-order valence-electron chi connectivity index (χ0n) is 21.7. The first-order chi connectivity index (χ1) is 15.2. The summed E-state index contributed by atoms with van der Waals surface area (Å²) < 4.78 is 16.6. The Balaban J connectivity index is 2.30. The van der Waals surface area contributed by atoms with Crippen molar-refractivity contribution in [2.75, 3.05) is 0 Å². The lowest BCUT2D eigenvalue weighted by molar-refractivity contribution is 0.624. The Labute approximate surface area is 204 Å². The molecule has 0 saturated carbocycles. The van der Waals surface area contributed by atoms with Crippen LogP contribution < -0.4 is 10.0 Å². The minimum atomic E-state index is -1.22. The van der Waals surface area contributed by atoms with Crippen LogP contribution in [0.2, 0.25) is 0 Å². The number of fused-ring (bicyclic) bond motifs is 1. The van der Waals surface area contributed by atoms with Crippen molar-refractivity contribution in [3.05, 3.63) is 77.9 Å². The van der Waals surface area contributed by atoms with Gasteiger partial charge in [-0.15, -0.1) is 0 Å². The van der Waals surface area contributed by atoms with Crippen LogP contribution in [0.3, 0.4) is 0 Å². The van der Waals surface area contributed by atoms with Gasteiger partial charge in [-0.3, -0.25) is 0 Å². The molecule has 3 aromatic carbocycles. The van der Waals surface area contributed by atoms with Crippen LogP contribution in [0.1, 0.15) is 79.5 Å². The van der Waals surface area contributed by atoms with E-state index < -0.39 is 18.9 Å². The first kappa shape index (κ1) is 26.1. The van der Waals surface area contributed by atoms with Crippen molar-refractivity contribution >= 4 is 35.0 Å². The van der Waals surface area contributed by atoms with E-state index in [1.807, 2.05) is 20.8 Å². The molecule has 0 aromatic heterocycles. The molecule has 1 N–H and O–H groups in total. The third kappa shape index (κ3) is 5.94. The molecule has 0 radical (unpaired) electrons. The maximum absolute atomic E-state index is 13.4. The van der Waals surface area contributed by atoms with Crippen molar-refractivity contribution in [3.8, 4) is 0 Å². The summed E-state index contributed by atoms with van der Waals surface area (Å²) in [6.07, 6.45) is 0. The molecule has 0 bridgehead atoms. The third-order valence-electron chi connectivity index (χ3n) is 5.75. The fourth-order valence-corrected chi connectivity index (χ4v) is 9.72. The highest BCUT2D eigenvalue weighted by Crippen LogP contribution is 2.59. The van der Waals surface area contributed by atoms with E-state index in [0.29, 0.717) is 0 Å². The Bertz CT molecular complexity index is 1120. The number of benzene rings is 3. The van der Waals surface area contributed by atoms with Gasteiger partial charge < -0.3 is 0 Å². The van der Waals surface area contributed by atoms with Crippen molar-refractivity contribution in [2.45, 2.75) is 83.4 Å². The zero-order chi connectivity index (χ0) is 24.6. The average Bonchev–Trinajstić information content (AvgIpc) is 2.69. The molecule has 0 amide bonds. The predicted molar refractivity (Wildman–Crippen MR) is 149 cm³/mol. The lowest BCUT2D eigenvalue weighted by Crippen LogP contribution is -2.39. The molecule has 33 heavy (non-hydrogen) atoms. The molecule has 1 unspecified atom stereocenters. The topological polar surface area (TPSA) is 29.1 Å². The monoisotopic (exact) mass is 481 g/mol. The Morgan fingerprint density at radius 2 is 1.21 bits per heavy atom. The summed E-state index contributed by atoms with van der Waals surface area (Å²) in [6, 6.07) is 23.6. The van der Waals surface area contributed by atoms with E-state index in [4.69, 9.17) is 0 Å². The smallest absolute Gasteiger partial charge is 0.0979 e. The second kappa shape index (κ2) is 9.61. The van der Waals surface area contributed by atoms with Crippen molar-refractivity contribution in [2.24, 2.45) is 0 Å². The number of rotatable bonds is 5. The van der Waals surface area contributed by atoms with Gasteiger partial charge in [-0.05, 0) is 58.3 Å². The summed E-state index contributed by atoms with van der Waals surface area (Å²) in [5, 5.41) is 4.07. The minimum absolute atomic E-state index is 0.135. The molecule has 0 fully saturated rings. The zero-order valence-corrected chi connectivity index (χ0v) is 23.4. The number of nitrogens with one attached hydrogen (secondary N) is 1. The lowest BCUT2D eigenvalue weighted by atomic mass is 9.94. The summed E-state index contributed by atoms with van der Waals surface area (Å²) >= 11 is 0. The fourth-order valence-electron chi connectivity index (χ4n) is 4.74.